The van der Waals surface area contributed by atoms with Crippen molar-refractivity contribution in [1.29, 1.82) is 0 Å². The number of nitrogens with zero attached hydrogens (tertiary/aromatic N) is 1. The molecule has 0 atom stereocenters. The maximum absolute atomic E-state index is 13.1. The van der Waals surface area contributed by atoms with Crippen molar-refractivity contribution in [2.45, 2.75) is 12.5 Å². The Bertz CT molecular complexity index is 865. The van der Waals surface area contributed by atoms with Gasteiger partial charge in [0.25, 0.3) is 0 Å². The third-order valence-corrected chi connectivity index (χ3v) is 5.31. The smallest absolute Gasteiger partial charge is 0.232 e. The van der Waals surface area contributed by atoms with Crippen molar-refractivity contribution in [1.82, 2.24) is 5.32 Å². The average molecular weight is 386 g/mol. The molecule has 0 aromatic heterocycles. The molecular formula is C25H26N2O2. The molecule has 4 rings (SSSR count). The first-order valence-electron chi connectivity index (χ1n) is 10.1. The van der Waals surface area contributed by atoms with Crippen LogP contribution in [0.3, 0.4) is 0 Å². The minimum atomic E-state index is -0.315. The Hall–Kier alpha value is -3.11. The number of carbonyl (C=O) groups excluding carboxylic acids is 1. The minimum Gasteiger partial charge on any atom is -0.378 e. The van der Waals surface area contributed by atoms with Gasteiger partial charge in [0.2, 0.25) is 5.91 Å². The van der Waals surface area contributed by atoms with E-state index in [0.717, 1.165) is 43.0 Å². The van der Waals surface area contributed by atoms with Crippen LogP contribution in [0.4, 0.5) is 5.69 Å². The molecule has 0 unspecified atom stereocenters. The summed E-state index contributed by atoms with van der Waals surface area (Å²) >= 11 is 0. The molecule has 1 N–H and O–H groups in total. The van der Waals surface area contributed by atoms with Gasteiger partial charge >= 0.3 is 0 Å². The number of carbonyl (C=O) groups is 1. The number of anilines is 1. The van der Waals surface area contributed by atoms with Crippen LogP contribution < -0.4 is 10.2 Å². The first kappa shape index (κ1) is 19.2. The van der Waals surface area contributed by atoms with E-state index in [1.54, 1.807) is 0 Å². The summed E-state index contributed by atoms with van der Waals surface area (Å²) in [6.45, 7) is 3.91. The van der Waals surface area contributed by atoms with Gasteiger partial charge in [-0.3, -0.25) is 4.79 Å². The summed E-state index contributed by atoms with van der Waals surface area (Å²) in [6.07, 6.45) is 0. The number of ether oxygens (including phenoxy) is 1. The van der Waals surface area contributed by atoms with E-state index in [1.165, 1.54) is 5.69 Å². The lowest BCUT2D eigenvalue weighted by atomic mass is 9.90. The highest BCUT2D eigenvalue weighted by Gasteiger charge is 2.22. The molecule has 1 amide bonds. The first-order valence-corrected chi connectivity index (χ1v) is 10.1. The molecule has 0 radical (unpaired) electrons. The van der Waals surface area contributed by atoms with Crippen LogP contribution in [0.2, 0.25) is 0 Å². The number of amides is 1. The van der Waals surface area contributed by atoms with Crippen molar-refractivity contribution in [3.05, 3.63) is 102 Å². The Morgan fingerprint density at radius 1 is 0.828 bits per heavy atom. The third kappa shape index (κ3) is 4.84. The van der Waals surface area contributed by atoms with Gasteiger partial charge in [0.05, 0.1) is 19.1 Å². The molecule has 148 valence electrons. The van der Waals surface area contributed by atoms with Crippen molar-refractivity contribution in [2.75, 3.05) is 31.2 Å². The molecule has 3 aromatic carbocycles. The third-order valence-electron chi connectivity index (χ3n) is 5.31. The zero-order valence-corrected chi connectivity index (χ0v) is 16.5. The zero-order valence-electron chi connectivity index (χ0n) is 16.5. The molecule has 29 heavy (non-hydrogen) atoms. The topological polar surface area (TPSA) is 41.6 Å². The van der Waals surface area contributed by atoms with Gasteiger partial charge in [-0.25, -0.2) is 0 Å². The lowest BCUT2D eigenvalue weighted by Crippen LogP contribution is -2.36. The molecule has 1 fully saturated rings. The maximum Gasteiger partial charge on any atom is 0.232 e. The predicted molar refractivity (Wildman–Crippen MR) is 116 cm³/mol. The Balaban J connectivity index is 1.44. The van der Waals surface area contributed by atoms with Crippen LogP contribution in [-0.2, 0) is 16.1 Å². The van der Waals surface area contributed by atoms with Crippen molar-refractivity contribution < 1.29 is 9.53 Å². The molecule has 1 aliphatic heterocycles. The predicted octanol–water partition coefficient (Wildman–Crippen LogP) is 3.97. The van der Waals surface area contributed by atoms with Gasteiger partial charge in [-0.15, -0.1) is 0 Å². The van der Waals surface area contributed by atoms with Crippen LogP contribution in [0.5, 0.6) is 0 Å². The molecule has 1 heterocycles. The van der Waals surface area contributed by atoms with Crippen LogP contribution in [0.15, 0.2) is 84.9 Å². The Kier molecular flexibility index (Phi) is 6.22. The minimum absolute atomic E-state index is 0.0136. The van der Waals surface area contributed by atoms with Gasteiger partial charge in [-0.1, -0.05) is 72.8 Å². The fraction of sp³-hybridized carbons (Fsp3) is 0.240. The van der Waals surface area contributed by atoms with Crippen molar-refractivity contribution >= 4 is 11.6 Å². The second-order valence-electron chi connectivity index (χ2n) is 7.24. The molecule has 1 aliphatic rings. The van der Waals surface area contributed by atoms with Crippen LogP contribution in [0.25, 0.3) is 0 Å². The van der Waals surface area contributed by atoms with Crippen molar-refractivity contribution in [2.24, 2.45) is 0 Å². The Morgan fingerprint density at radius 2 is 1.38 bits per heavy atom. The summed E-state index contributed by atoms with van der Waals surface area (Å²) in [5.74, 6) is -0.301. The molecular weight excluding hydrogens is 360 g/mol. The quantitative estimate of drug-likeness (QED) is 0.697. The fourth-order valence-electron chi connectivity index (χ4n) is 3.72. The molecule has 0 spiro atoms. The second kappa shape index (κ2) is 9.39. The molecule has 0 aliphatic carbocycles. The number of benzene rings is 3. The van der Waals surface area contributed by atoms with E-state index >= 15 is 0 Å². The summed E-state index contributed by atoms with van der Waals surface area (Å²) in [6, 6.07) is 28.3. The summed E-state index contributed by atoms with van der Waals surface area (Å²) in [7, 11) is 0. The average Bonchev–Trinajstić information content (AvgIpc) is 2.80. The zero-order chi connectivity index (χ0) is 19.9. The Labute approximate surface area is 172 Å². The fourth-order valence-corrected chi connectivity index (χ4v) is 3.72. The summed E-state index contributed by atoms with van der Waals surface area (Å²) in [5.41, 5.74) is 4.29. The highest BCUT2D eigenvalue weighted by Crippen LogP contribution is 2.25. The van der Waals surface area contributed by atoms with E-state index in [-0.39, 0.29) is 11.8 Å². The van der Waals surface area contributed by atoms with Gasteiger partial charge in [-0.05, 0) is 28.8 Å². The summed E-state index contributed by atoms with van der Waals surface area (Å²) < 4.78 is 5.42. The lowest BCUT2D eigenvalue weighted by Gasteiger charge is -2.29. The largest absolute Gasteiger partial charge is 0.378 e. The van der Waals surface area contributed by atoms with Gasteiger partial charge in [0.15, 0.2) is 0 Å². The van der Waals surface area contributed by atoms with Crippen molar-refractivity contribution in [3.8, 4) is 0 Å². The van der Waals surface area contributed by atoms with E-state index in [9.17, 15) is 4.79 Å². The van der Waals surface area contributed by atoms with Crippen LogP contribution >= 0.6 is 0 Å². The molecule has 0 saturated carbocycles. The SMILES string of the molecule is O=C(NCc1ccc(N2CCOCC2)cc1)C(c1ccccc1)c1ccccc1. The number of hydrogen-bond acceptors (Lipinski definition) is 3. The van der Waals surface area contributed by atoms with E-state index in [4.69, 9.17) is 4.74 Å². The summed E-state index contributed by atoms with van der Waals surface area (Å²) in [4.78, 5) is 15.4. The van der Waals surface area contributed by atoms with Crippen LogP contribution in [0, 0.1) is 0 Å². The molecule has 3 aromatic rings. The monoisotopic (exact) mass is 386 g/mol. The van der Waals surface area contributed by atoms with Gasteiger partial charge in [-0.2, -0.15) is 0 Å². The van der Waals surface area contributed by atoms with Crippen LogP contribution in [-0.4, -0.2) is 32.2 Å². The van der Waals surface area contributed by atoms with E-state index in [1.807, 2.05) is 60.7 Å². The Morgan fingerprint density at radius 3 is 1.93 bits per heavy atom. The van der Waals surface area contributed by atoms with Crippen molar-refractivity contribution in [3.63, 3.8) is 0 Å². The lowest BCUT2D eigenvalue weighted by molar-refractivity contribution is -0.121. The number of rotatable bonds is 6. The first-order chi connectivity index (χ1) is 14.3. The number of morpholine rings is 1. The van der Waals surface area contributed by atoms with Gasteiger partial charge < -0.3 is 15.0 Å². The highest BCUT2D eigenvalue weighted by atomic mass is 16.5. The van der Waals surface area contributed by atoms with E-state index in [2.05, 4.69) is 34.5 Å². The number of hydrogen-bond donors (Lipinski definition) is 1. The molecule has 1 saturated heterocycles. The molecule has 4 heteroatoms. The standard InChI is InChI=1S/C25H26N2O2/c28-25(24(21-7-3-1-4-8-21)22-9-5-2-6-10-22)26-19-20-11-13-23(14-12-20)27-15-17-29-18-16-27/h1-14,24H,15-19H2,(H,26,28). The maximum atomic E-state index is 13.1. The number of nitrogens with one attached hydrogen (secondary N) is 1. The normalized spacial score (nSPS) is 14.0. The van der Waals surface area contributed by atoms with E-state index in [0.29, 0.717) is 6.54 Å². The summed E-state index contributed by atoms with van der Waals surface area (Å²) in [5, 5.41) is 3.12. The van der Waals surface area contributed by atoms with Crippen LogP contribution in [0.1, 0.15) is 22.6 Å². The highest BCUT2D eigenvalue weighted by molar-refractivity contribution is 5.87. The second-order valence-corrected chi connectivity index (χ2v) is 7.24. The molecule has 0 bridgehead atoms. The van der Waals surface area contributed by atoms with E-state index < -0.39 is 0 Å². The van der Waals surface area contributed by atoms with Gasteiger partial charge in [0.1, 0.15) is 0 Å². The van der Waals surface area contributed by atoms with Gasteiger partial charge in [0, 0.05) is 25.3 Å². The molecule has 4 nitrogen and oxygen atoms in total.